The first-order valence-electron chi connectivity index (χ1n) is 11.8. The van der Waals surface area contributed by atoms with Crippen molar-refractivity contribution in [2.45, 2.75) is 12.7 Å². The van der Waals surface area contributed by atoms with Crippen molar-refractivity contribution in [1.82, 2.24) is 50.8 Å². The third-order valence-corrected chi connectivity index (χ3v) is 5.95. The van der Waals surface area contributed by atoms with Gasteiger partial charge in [0.05, 0.1) is 30.3 Å². The maximum Gasteiger partial charge on any atom is 0.435 e. The van der Waals surface area contributed by atoms with Crippen LogP contribution in [0.1, 0.15) is 5.69 Å². The Kier molecular flexibility index (Phi) is 7.04. The number of tetrazole rings is 1. The summed E-state index contributed by atoms with van der Waals surface area (Å²) in [5.74, 6) is -3.10. The van der Waals surface area contributed by atoms with Crippen molar-refractivity contribution in [2.24, 2.45) is 7.05 Å². The topological polar surface area (TPSA) is 177 Å². The van der Waals surface area contributed by atoms with E-state index in [9.17, 15) is 27.6 Å². The molecule has 3 aromatic heterocycles. The maximum atomic E-state index is 15.1. The molecule has 3 heterocycles. The maximum absolute atomic E-state index is 15.1. The smallest absolute Gasteiger partial charge is 0.345 e. The van der Waals surface area contributed by atoms with Crippen LogP contribution in [0.5, 0.6) is 0 Å². The minimum atomic E-state index is -4.93. The van der Waals surface area contributed by atoms with E-state index in [-0.39, 0.29) is 22.6 Å². The van der Waals surface area contributed by atoms with E-state index >= 15 is 4.39 Å². The first-order valence-corrected chi connectivity index (χ1v) is 11.8. The predicted octanol–water partition coefficient (Wildman–Crippen LogP) is 1.13. The first kappa shape index (κ1) is 27.2. The van der Waals surface area contributed by atoms with E-state index in [0.717, 1.165) is 4.68 Å². The molecular weight excluding hydrogens is 554 g/mol. The van der Waals surface area contributed by atoms with Crippen molar-refractivity contribution in [2.75, 3.05) is 18.4 Å². The number of carbonyl (C=O) groups is 3. The average Bonchev–Trinajstić information content (AvgIpc) is 3.65. The summed E-state index contributed by atoms with van der Waals surface area (Å²) in [6.07, 6.45) is -3.49. The second-order valence-electron chi connectivity index (χ2n) is 8.70. The predicted molar refractivity (Wildman–Crippen MR) is 133 cm³/mol. The number of aromatic nitrogens is 8. The lowest BCUT2D eigenvalue weighted by Crippen LogP contribution is -2.41. The van der Waals surface area contributed by atoms with Crippen LogP contribution < -0.4 is 16.0 Å². The van der Waals surface area contributed by atoms with Crippen LogP contribution in [0.3, 0.4) is 0 Å². The largest absolute Gasteiger partial charge is 0.435 e. The Hall–Kier alpha value is -5.42. The zero-order valence-electron chi connectivity index (χ0n) is 21.0. The van der Waals surface area contributed by atoms with Gasteiger partial charge in [-0.1, -0.05) is 17.2 Å². The Balaban J connectivity index is 1.34. The Morgan fingerprint density at radius 2 is 1.76 bits per heavy atom. The van der Waals surface area contributed by atoms with Gasteiger partial charge in [-0.25, -0.2) is 4.39 Å². The molecule has 2 aromatic carbocycles. The fraction of sp³-hybridized carbons (Fsp3) is 0.217. The number of alkyl halides is 3. The summed E-state index contributed by atoms with van der Waals surface area (Å²) in [6, 6.07) is 6.67. The lowest BCUT2D eigenvalue weighted by molar-refractivity contribution is -0.140. The molecule has 0 saturated heterocycles. The van der Waals surface area contributed by atoms with E-state index < -0.39 is 60.4 Å². The summed E-state index contributed by atoms with van der Waals surface area (Å²) >= 11 is 0. The Bertz CT molecular complexity index is 1780. The molecule has 0 saturated carbocycles. The molecule has 0 atom stereocenters. The number of benzene rings is 2. The van der Waals surface area contributed by atoms with Crippen LogP contribution in [-0.4, -0.2) is 71.0 Å². The van der Waals surface area contributed by atoms with Crippen LogP contribution >= 0.6 is 0 Å². The molecule has 0 spiro atoms. The molecule has 0 aliphatic heterocycles. The monoisotopic (exact) mass is 573 g/mol. The Morgan fingerprint density at radius 1 is 1.00 bits per heavy atom. The summed E-state index contributed by atoms with van der Waals surface area (Å²) in [5.41, 5.74) is -1.03. The SMILES string of the molecule is Cn1ncc2cc(F)c(-c3cccc4c3c(C(F)(F)F)nn4CC(=O)NCC(=O)NCC(=O)Nc3nn[nH]n3)cc21. The molecule has 41 heavy (non-hydrogen) atoms. The molecule has 5 aromatic rings. The first-order chi connectivity index (χ1) is 19.5. The third-order valence-electron chi connectivity index (χ3n) is 5.95. The highest BCUT2D eigenvalue weighted by atomic mass is 19.4. The fourth-order valence-electron chi connectivity index (χ4n) is 4.15. The molecule has 0 bridgehead atoms. The van der Waals surface area contributed by atoms with Crippen molar-refractivity contribution >= 4 is 45.5 Å². The molecule has 0 fully saturated rings. The van der Waals surface area contributed by atoms with Crippen LogP contribution in [0.25, 0.3) is 32.9 Å². The van der Waals surface area contributed by atoms with Crippen LogP contribution in [0.4, 0.5) is 23.5 Å². The van der Waals surface area contributed by atoms with Crippen molar-refractivity contribution in [3.8, 4) is 11.1 Å². The van der Waals surface area contributed by atoms with E-state index in [1.54, 1.807) is 7.05 Å². The summed E-state index contributed by atoms with van der Waals surface area (Å²) in [4.78, 5) is 36.3. The van der Waals surface area contributed by atoms with Gasteiger partial charge < -0.3 is 10.6 Å². The zero-order valence-corrected chi connectivity index (χ0v) is 21.0. The molecule has 5 rings (SSSR count). The van der Waals surface area contributed by atoms with E-state index in [0.29, 0.717) is 10.9 Å². The number of H-pyrrole nitrogens is 1. The molecule has 0 aliphatic carbocycles. The molecule has 0 aliphatic rings. The number of anilines is 1. The third kappa shape index (κ3) is 5.65. The number of amides is 3. The van der Waals surface area contributed by atoms with Crippen molar-refractivity contribution in [3.63, 3.8) is 0 Å². The van der Waals surface area contributed by atoms with Gasteiger partial charge in [-0.05, 0) is 29.0 Å². The van der Waals surface area contributed by atoms with Gasteiger partial charge in [0, 0.05) is 23.4 Å². The van der Waals surface area contributed by atoms with Gasteiger partial charge in [-0.15, -0.1) is 5.10 Å². The molecule has 14 nitrogen and oxygen atoms in total. The van der Waals surface area contributed by atoms with Crippen molar-refractivity contribution < 1.29 is 31.9 Å². The number of aromatic amines is 1. The minimum Gasteiger partial charge on any atom is -0.345 e. The summed E-state index contributed by atoms with van der Waals surface area (Å²) in [5, 5.41) is 26.9. The van der Waals surface area contributed by atoms with Crippen LogP contribution in [0, 0.1) is 5.82 Å². The fourth-order valence-corrected chi connectivity index (χ4v) is 4.15. The Labute approximate surface area is 226 Å². The number of hydrogen-bond acceptors (Lipinski definition) is 8. The summed E-state index contributed by atoms with van der Waals surface area (Å²) < 4.78 is 59.6. The van der Waals surface area contributed by atoms with Gasteiger partial charge in [-0.3, -0.25) is 29.1 Å². The van der Waals surface area contributed by atoms with Crippen molar-refractivity contribution in [3.05, 3.63) is 48.0 Å². The number of nitrogens with one attached hydrogen (secondary N) is 4. The molecule has 0 unspecified atom stereocenters. The van der Waals surface area contributed by atoms with E-state index in [1.807, 2.05) is 0 Å². The van der Waals surface area contributed by atoms with E-state index in [4.69, 9.17) is 0 Å². The lowest BCUT2D eigenvalue weighted by atomic mass is 9.98. The van der Waals surface area contributed by atoms with E-state index in [2.05, 4.69) is 46.8 Å². The molecule has 4 N–H and O–H groups in total. The average molecular weight is 573 g/mol. The quantitative estimate of drug-likeness (QED) is 0.200. The van der Waals surface area contributed by atoms with Gasteiger partial charge >= 0.3 is 6.18 Å². The molecular formula is C23H19F4N11O3. The van der Waals surface area contributed by atoms with Gasteiger partial charge in [0.15, 0.2) is 5.69 Å². The van der Waals surface area contributed by atoms with Gasteiger partial charge in [0.25, 0.3) is 5.95 Å². The molecule has 212 valence electrons. The standard InChI is InChI=1S/C23H19F4N11O3/c1-37-16-6-13(14(24)5-11(16)7-30-37)12-3-2-4-15-20(12)21(23(25,26)27)34-38(15)10-19(41)29-8-17(39)28-9-18(40)31-22-32-35-36-33-22/h2-7H,8-10H2,1H3,(H,28,39)(H,29,41)(H2,31,32,33,35,36,40). The highest BCUT2D eigenvalue weighted by Crippen LogP contribution is 2.40. The van der Waals surface area contributed by atoms with Gasteiger partial charge in [0.2, 0.25) is 17.7 Å². The van der Waals surface area contributed by atoms with Gasteiger partial charge in [-0.2, -0.15) is 28.6 Å². The summed E-state index contributed by atoms with van der Waals surface area (Å²) in [6.45, 7) is -1.71. The van der Waals surface area contributed by atoms with Crippen molar-refractivity contribution in [1.29, 1.82) is 0 Å². The number of halogens is 4. The Morgan fingerprint density at radius 3 is 2.49 bits per heavy atom. The van der Waals surface area contributed by atoms with Crippen LogP contribution in [-0.2, 0) is 34.2 Å². The van der Waals surface area contributed by atoms with Crippen LogP contribution in [0.2, 0.25) is 0 Å². The van der Waals surface area contributed by atoms with E-state index in [1.165, 1.54) is 41.2 Å². The van der Waals surface area contributed by atoms with Crippen LogP contribution in [0.15, 0.2) is 36.5 Å². The van der Waals surface area contributed by atoms with Gasteiger partial charge in [0.1, 0.15) is 12.4 Å². The second-order valence-corrected chi connectivity index (χ2v) is 8.70. The molecule has 18 heteroatoms. The number of fused-ring (bicyclic) bond motifs is 2. The molecule has 0 radical (unpaired) electrons. The number of rotatable bonds is 8. The number of carbonyl (C=O) groups excluding carboxylic acids is 3. The molecule has 3 amide bonds. The number of nitrogens with zero attached hydrogens (tertiary/aromatic N) is 7. The number of aryl methyl sites for hydroxylation is 1. The minimum absolute atomic E-state index is 0.0689. The highest BCUT2D eigenvalue weighted by Gasteiger charge is 2.38. The highest BCUT2D eigenvalue weighted by molar-refractivity contribution is 6.00. The lowest BCUT2D eigenvalue weighted by Gasteiger charge is -2.10. The number of hydrogen-bond donors (Lipinski definition) is 4. The summed E-state index contributed by atoms with van der Waals surface area (Å²) in [7, 11) is 1.62. The zero-order chi connectivity index (χ0) is 29.3. The second kappa shape index (κ2) is 10.6. The normalized spacial score (nSPS) is 11.6.